The molecule has 1 atom stereocenters. The Morgan fingerprint density at radius 3 is 2.53 bits per heavy atom. The van der Waals surface area contributed by atoms with Gasteiger partial charge in [-0.3, -0.25) is 9.59 Å². The smallest absolute Gasteiger partial charge is 0.311 e. The molecule has 19 heavy (non-hydrogen) atoms. The van der Waals surface area contributed by atoms with Crippen LogP contribution in [0.4, 0.5) is 0 Å². The molecule has 6 nitrogen and oxygen atoms in total. The molecule has 0 heterocycles. The Morgan fingerprint density at radius 2 is 2.05 bits per heavy atom. The van der Waals surface area contributed by atoms with Crippen molar-refractivity contribution in [3.05, 3.63) is 0 Å². The maximum atomic E-state index is 11.7. The second-order valence-electron chi connectivity index (χ2n) is 5.55. The molecule has 1 aliphatic rings. The van der Waals surface area contributed by atoms with Gasteiger partial charge in [-0.1, -0.05) is 6.92 Å². The maximum Gasteiger partial charge on any atom is 0.311 e. The number of carbonyl (C=O) groups is 2. The van der Waals surface area contributed by atoms with Crippen molar-refractivity contribution in [3.8, 4) is 0 Å². The van der Waals surface area contributed by atoms with Crippen LogP contribution in [0.2, 0.25) is 0 Å². The summed E-state index contributed by atoms with van der Waals surface area (Å²) in [4.78, 5) is 23.2. The number of nitrogens with one attached hydrogen (secondary N) is 1. The zero-order valence-electron chi connectivity index (χ0n) is 11.6. The fourth-order valence-corrected chi connectivity index (χ4v) is 2.42. The lowest BCUT2D eigenvalue weighted by molar-refractivity contribution is -0.151. The summed E-state index contributed by atoms with van der Waals surface area (Å²) < 4.78 is 4.80. The Balaban J connectivity index is 2.56. The Bertz CT molecular complexity index is 325. The van der Waals surface area contributed by atoms with Crippen molar-refractivity contribution >= 4 is 11.9 Å². The van der Waals surface area contributed by atoms with Gasteiger partial charge in [-0.2, -0.15) is 0 Å². The summed E-state index contributed by atoms with van der Waals surface area (Å²) >= 11 is 0. The van der Waals surface area contributed by atoms with Gasteiger partial charge in [-0.05, 0) is 31.6 Å². The second-order valence-corrected chi connectivity index (χ2v) is 5.55. The Hall–Kier alpha value is -1.14. The highest BCUT2D eigenvalue weighted by Crippen LogP contribution is 2.38. The molecule has 0 aliphatic heterocycles. The molecule has 1 fully saturated rings. The summed E-state index contributed by atoms with van der Waals surface area (Å²) in [7, 11) is 1.47. The number of ether oxygens (including phenoxy) is 1. The number of aliphatic carboxylic acids is 1. The van der Waals surface area contributed by atoms with Crippen LogP contribution in [0.25, 0.3) is 0 Å². The van der Waals surface area contributed by atoms with E-state index in [-0.39, 0.29) is 19.1 Å². The van der Waals surface area contributed by atoms with Gasteiger partial charge < -0.3 is 20.9 Å². The van der Waals surface area contributed by atoms with Gasteiger partial charge in [-0.15, -0.1) is 0 Å². The van der Waals surface area contributed by atoms with Gasteiger partial charge in [0.15, 0.2) is 0 Å². The third-order valence-corrected chi connectivity index (χ3v) is 3.97. The molecule has 1 unspecified atom stereocenters. The highest BCUT2D eigenvalue weighted by atomic mass is 16.5. The van der Waals surface area contributed by atoms with Crippen LogP contribution in [0.5, 0.6) is 0 Å². The van der Waals surface area contributed by atoms with Crippen molar-refractivity contribution in [1.82, 2.24) is 5.32 Å². The highest BCUT2D eigenvalue weighted by molar-refractivity contribution is 5.83. The third-order valence-electron chi connectivity index (χ3n) is 3.97. The summed E-state index contributed by atoms with van der Waals surface area (Å²) in [6.07, 6.45) is 2.96. The van der Waals surface area contributed by atoms with E-state index in [1.807, 2.05) is 0 Å². The van der Waals surface area contributed by atoms with Crippen molar-refractivity contribution in [2.24, 2.45) is 17.1 Å². The molecular formula is C13H24N2O4. The summed E-state index contributed by atoms with van der Waals surface area (Å²) in [6.45, 7) is 2.40. The molecule has 0 bridgehead atoms. The van der Waals surface area contributed by atoms with Crippen LogP contribution in [0.3, 0.4) is 0 Å². The first-order chi connectivity index (χ1) is 8.91. The summed E-state index contributed by atoms with van der Waals surface area (Å²) in [5.41, 5.74) is 4.76. The van der Waals surface area contributed by atoms with Gasteiger partial charge in [0.2, 0.25) is 5.91 Å². The predicted octanol–water partition coefficient (Wildman–Crippen LogP) is 0.357. The monoisotopic (exact) mass is 272 g/mol. The molecule has 1 rings (SSSR count). The molecule has 0 saturated heterocycles. The second kappa shape index (κ2) is 6.86. The standard InChI is InChI=1S/C13H24N2O4/c1-9-3-5-13(6-4-9,12(17)18)8-15-11(16)10(14)7-19-2/h9-10H,3-8,14H2,1-2H3,(H,15,16)(H,17,18). The Labute approximate surface area is 113 Å². The number of carbonyl (C=O) groups excluding carboxylic acids is 1. The fourth-order valence-electron chi connectivity index (χ4n) is 2.42. The molecule has 0 aromatic rings. The van der Waals surface area contributed by atoms with Crippen molar-refractivity contribution in [1.29, 1.82) is 0 Å². The number of nitrogens with two attached hydrogens (primary N) is 1. The molecule has 1 saturated carbocycles. The minimum Gasteiger partial charge on any atom is -0.481 e. The number of carboxylic acid groups (broad SMARTS) is 1. The quantitative estimate of drug-likeness (QED) is 0.648. The molecule has 1 aliphatic carbocycles. The van der Waals surface area contributed by atoms with E-state index >= 15 is 0 Å². The number of hydrogen-bond acceptors (Lipinski definition) is 4. The van der Waals surface area contributed by atoms with Crippen LogP contribution in [0.1, 0.15) is 32.6 Å². The molecule has 110 valence electrons. The van der Waals surface area contributed by atoms with Crippen LogP contribution in [-0.2, 0) is 14.3 Å². The van der Waals surface area contributed by atoms with E-state index in [9.17, 15) is 14.7 Å². The zero-order valence-corrected chi connectivity index (χ0v) is 11.6. The normalized spacial score (nSPS) is 28.7. The number of amides is 1. The Kier molecular flexibility index (Phi) is 5.75. The lowest BCUT2D eigenvalue weighted by Crippen LogP contribution is -2.50. The van der Waals surface area contributed by atoms with Gasteiger partial charge in [0.1, 0.15) is 6.04 Å². The van der Waals surface area contributed by atoms with E-state index in [1.165, 1.54) is 7.11 Å². The van der Waals surface area contributed by atoms with E-state index in [1.54, 1.807) is 0 Å². The molecule has 0 aromatic heterocycles. The number of rotatable bonds is 6. The van der Waals surface area contributed by atoms with Gasteiger partial charge in [0.25, 0.3) is 0 Å². The average Bonchev–Trinajstić information content (AvgIpc) is 2.38. The number of hydrogen-bond donors (Lipinski definition) is 3. The van der Waals surface area contributed by atoms with Crippen molar-refractivity contribution in [2.75, 3.05) is 20.3 Å². The SMILES string of the molecule is COCC(N)C(=O)NCC1(C(=O)O)CCC(C)CC1. The number of carboxylic acids is 1. The van der Waals surface area contributed by atoms with Gasteiger partial charge in [0.05, 0.1) is 12.0 Å². The zero-order chi connectivity index (χ0) is 14.5. The molecule has 6 heteroatoms. The van der Waals surface area contributed by atoms with Crippen LogP contribution < -0.4 is 11.1 Å². The minimum atomic E-state index is -0.838. The molecule has 0 spiro atoms. The number of methoxy groups -OCH3 is 1. The van der Waals surface area contributed by atoms with Crippen LogP contribution in [0.15, 0.2) is 0 Å². The minimum absolute atomic E-state index is 0.128. The van der Waals surface area contributed by atoms with Crippen molar-refractivity contribution in [3.63, 3.8) is 0 Å². The average molecular weight is 272 g/mol. The van der Waals surface area contributed by atoms with E-state index < -0.39 is 17.4 Å². The third kappa shape index (κ3) is 4.18. The molecule has 0 aromatic carbocycles. The van der Waals surface area contributed by atoms with E-state index in [0.29, 0.717) is 18.8 Å². The van der Waals surface area contributed by atoms with Crippen molar-refractivity contribution in [2.45, 2.75) is 38.6 Å². The topological polar surface area (TPSA) is 102 Å². The van der Waals surface area contributed by atoms with Crippen LogP contribution in [0, 0.1) is 11.3 Å². The van der Waals surface area contributed by atoms with Gasteiger partial charge >= 0.3 is 5.97 Å². The molecule has 4 N–H and O–H groups in total. The largest absolute Gasteiger partial charge is 0.481 e. The maximum absolute atomic E-state index is 11.7. The van der Waals surface area contributed by atoms with Crippen LogP contribution >= 0.6 is 0 Å². The van der Waals surface area contributed by atoms with E-state index in [4.69, 9.17) is 10.5 Å². The van der Waals surface area contributed by atoms with E-state index in [2.05, 4.69) is 12.2 Å². The highest BCUT2D eigenvalue weighted by Gasteiger charge is 2.41. The molecule has 1 amide bonds. The Morgan fingerprint density at radius 1 is 1.47 bits per heavy atom. The lowest BCUT2D eigenvalue weighted by atomic mass is 9.71. The van der Waals surface area contributed by atoms with Crippen LogP contribution in [-0.4, -0.2) is 43.3 Å². The molecule has 0 radical (unpaired) electrons. The molecular weight excluding hydrogens is 248 g/mol. The fraction of sp³-hybridized carbons (Fsp3) is 0.846. The summed E-state index contributed by atoms with van der Waals surface area (Å²) in [5, 5.41) is 12.1. The first-order valence-electron chi connectivity index (χ1n) is 6.67. The first-order valence-corrected chi connectivity index (χ1v) is 6.67. The van der Waals surface area contributed by atoms with Gasteiger partial charge in [0, 0.05) is 13.7 Å². The first kappa shape index (κ1) is 15.9. The summed E-state index contributed by atoms with van der Waals surface area (Å²) in [5.74, 6) is -0.639. The van der Waals surface area contributed by atoms with E-state index in [0.717, 1.165) is 12.8 Å². The predicted molar refractivity (Wildman–Crippen MR) is 70.6 cm³/mol. The lowest BCUT2D eigenvalue weighted by Gasteiger charge is -2.36. The summed E-state index contributed by atoms with van der Waals surface area (Å²) in [6, 6.07) is -0.752. The van der Waals surface area contributed by atoms with Crippen molar-refractivity contribution < 1.29 is 19.4 Å². The van der Waals surface area contributed by atoms with Gasteiger partial charge in [-0.25, -0.2) is 0 Å².